The van der Waals surface area contributed by atoms with Crippen molar-refractivity contribution in [2.75, 3.05) is 0 Å². The van der Waals surface area contributed by atoms with Gasteiger partial charge < -0.3 is 0 Å². The van der Waals surface area contributed by atoms with Crippen LogP contribution in [0.3, 0.4) is 0 Å². The fourth-order valence-corrected chi connectivity index (χ4v) is 0.414. The average Bonchev–Trinajstić information content (AvgIpc) is 1.84. The summed E-state index contributed by atoms with van der Waals surface area (Å²) >= 11 is 0. The fraction of sp³-hybridized carbons (Fsp3) is 1.00. The van der Waals surface area contributed by atoms with Gasteiger partial charge in [-0.3, -0.25) is 0 Å². The molecule has 0 N–H and O–H groups in total. The molecule has 13 heavy (non-hydrogen) atoms. The van der Waals surface area contributed by atoms with Crippen LogP contribution in [0.15, 0.2) is 0 Å². The molecule has 8 heteroatoms. The van der Waals surface area contributed by atoms with E-state index in [2.05, 4.69) is 0 Å². The molecule has 0 aromatic heterocycles. The summed E-state index contributed by atoms with van der Waals surface area (Å²) in [5, 5.41) is 0. The molecule has 0 heterocycles. The molecule has 0 aliphatic rings. The van der Waals surface area contributed by atoms with Gasteiger partial charge in [0.1, 0.15) is 0 Å². The largest absolute Gasteiger partial charge is 0.457 e. The van der Waals surface area contributed by atoms with E-state index in [0.717, 1.165) is 0 Å². The normalized spacial score (nSPS) is 18.9. The first-order valence-corrected chi connectivity index (χ1v) is 2.86. The highest BCUT2D eigenvalue weighted by atomic mass is 19.4. The highest BCUT2D eigenvalue weighted by molar-refractivity contribution is 4.97. The molecule has 0 nitrogen and oxygen atoms in total. The Morgan fingerprint density at radius 2 is 1.15 bits per heavy atom. The van der Waals surface area contributed by atoms with Crippen molar-refractivity contribution in [3.05, 3.63) is 0 Å². The Morgan fingerprint density at radius 1 is 0.846 bits per heavy atom. The van der Waals surface area contributed by atoms with Crippen molar-refractivity contribution in [2.24, 2.45) is 0 Å². The molecule has 0 saturated carbocycles. The Kier molecular flexibility index (Phi) is 2.86. The van der Waals surface area contributed by atoms with Crippen molar-refractivity contribution in [2.45, 2.75) is 31.1 Å². The van der Waals surface area contributed by atoms with Gasteiger partial charge in [-0.25, -0.2) is 13.2 Å². The minimum Gasteiger partial charge on any atom is -0.231 e. The molecule has 0 aromatic rings. The van der Waals surface area contributed by atoms with Crippen LogP contribution in [0, 0.1) is 0 Å². The molecule has 0 aliphatic heterocycles. The topological polar surface area (TPSA) is 0 Å². The Morgan fingerprint density at radius 3 is 1.23 bits per heavy atom. The van der Waals surface area contributed by atoms with Crippen molar-refractivity contribution >= 4 is 0 Å². The number of rotatable bonds is 2. The summed E-state index contributed by atoms with van der Waals surface area (Å²) in [4.78, 5) is 0. The third-order valence-corrected chi connectivity index (χ3v) is 1.38. The molecular weight excluding hydrogens is 212 g/mol. The van der Waals surface area contributed by atoms with E-state index in [-0.39, 0.29) is 0 Å². The van der Waals surface area contributed by atoms with E-state index in [1.54, 1.807) is 0 Å². The Balaban J connectivity index is 5.04. The highest BCUT2D eigenvalue weighted by Gasteiger charge is 2.72. The Labute approximate surface area is 67.5 Å². The van der Waals surface area contributed by atoms with Gasteiger partial charge in [-0.2, -0.15) is 22.0 Å². The van der Waals surface area contributed by atoms with E-state index in [4.69, 9.17) is 0 Å². The van der Waals surface area contributed by atoms with Gasteiger partial charge in [0.2, 0.25) is 5.67 Å². The van der Waals surface area contributed by atoms with Gasteiger partial charge in [0.05, 0.1) is 0 Å². The van der Waals surface area contributed by atoms with Crippen LogP contribution in [0.4, 0.5) is 35.1 Å². The third kappa shape index (κ3) is 1.86. The van der Waals surface area contributed by atoms with Gasteiger partial charge in [0.15, 0.2) is 0 Å². The van der Waals surface area contributed by atoms with Gasteiger partial charge in [0, 0.05) is 0 Å². The van der Waals surface area contributed by atoms with E-state index in [0.29, 0.717) is 0 Å². The molecule has 0 aliphatic carbocycles. The Bertz CT molecular complexity index is 177. The quantitative estimate of drug-likeness (QED) is 0.622. The average molecular weight is 216 g/mol. The molecule has 0 amide bonds. The lowest BCUT2D eigenvalue weighted by Gasteiger charge is -2.30. The number of halogens is 8. The minimum atomic E-state index is -6.33. The molecule has 80 valence electrons. The molecule has 0 spiro atoms. The van der Waals surface area contributed by atoms with Crippen molar-refractivity contribution < 1.29 is 35.1 Å². The monoisotopic (exact) mass is 216 g/mol. The standard InChI is InChI=1S/C5H4F8/c1-3(8,2(6)7)4(9,10)5(11,12)13/h2H,1H3. The maximum absolute atomic E-state index is 12.3. The van der Waals surface area contributed by atoms with E-state index >= 15 is 0 Å². The summed E-state index contributed by atoms with van der Waals surface area (Å²) in [6.45, 7) is -0.495. The second-order valence-electron chi connectivity index (χ2n) is 2.45. The molecule has 0 saturated heterocycles. The molecule has 0 radical (unpaired) electrons. The van der Waals surface area contributed by atoms with Crippen molar-refractivity contribution in [3.8, 4) is 0 Å². The second kappa shape index (κ2) is 2.98. The molecule has 0 fully saturated rings. The summed E-state index contributed by atoms with van der Waals surface area (Å²) in [6, 6.07) is 0. The molecule has 1 unspecified atom stereocenters. The van der Waals surface area contributed by atoms with Crippen molar-refractivity contribution in [1.82, 2.24) is 0 Å². The van der Waals surface area contributed by atoms with Crippen LogP contribution in [0.1, 0.15) is 6.92 Å². The van der Waals surface area contributed by atoms with E-state index in [9.17, 15) is 35.1 Å². The van der Waals surface area contributed by atoms with Gasteiger partial charge in [-0.1, -0.05) is 0 Å². The summed E-state index contributed by atoms with van der Waals surface area (Å²) < 4.78 is 93.3. The van der Waals surface area contributed by atoms with Gasteiger partial charge in [-0.15, -0.1) is 0 Å². The number of hydrogen-bond acceptors (Lipinski definition) is 0. The second-order valence-corrected chi connectivity index (χ2v) is 2.45. The number of alkyl halides is 8. The lowest BCUT2D eigenvalue weighted by atomic mass is 10.0. The van der Waals surface area contributed by atoms with Crippen molar-refractivity contribution in [1.29, 1.82) is 0 Å². The first kappa shape index (κ1) is 12.4. The zero-order valence-corrected chi connectivity index (χ0v) is 6.10. The van der Waals surface area contributed by atoms with Crippen LogP contribution < -0.4 is 0 Å². The zero-order chi connectivity index (χ0) is 11.1. The van der Waals surface area contributed by atoms with Crippen LogP contribution in [-0.2, 0) is 0 Å². The van der Waals surface area contributed by atoms with Crippen LogP contribution in [0.5, 0.6) is 0 Å². The molecule has 0 rings (SSSR count). The molecular formula is C5H4F8. The predicted molar refractivity (Wildman–Crippen MR) is 26.5 cm³/mol. The smallest absolute Gasteiger partial charge is 0.231 e. The van der Waals surface area contributed by atoms with E-state index in [1.165, 1.54) is 0 Å². The van der Waals surface area contributed by atoms with Crippen LogP contribution in [0.2, 0.25) is 0 Å². The van der Waals surface area contributed by atoms with Crippen LogP contribution in [0.25, 0.3) is 0 Å². The SMILES string of the molecule is CC(F)(C(F)F)C(F)(F)C(F)(F)F. The van der Waals surface area contributed by atoms with Crippen molar-refractivity contribution in [3.63, 3.8) is 0 Å². The molecule has 0 bridgehead atoms. The fourth-order valence-electron chi connectivity index (χ4n) is 0.414. The van der Waals surface area contributed by atoms with E-state index in [1.807, 2.05) is 0 Å². The summed E-state index contributed by atoms with van der Waals surface area (Å²) in [5.41, 5.74) is -4.91. The maximum atomic E-state index is 12.3. The lowest BCUT2D eigenvalue weighted by molar-refractivity contribution is -0.340. The lowest BCUT2D eigenvalue weighted by Crippen LogP contribution is -2.56. The highest BCUT2D eigenvalue weighted by Crippen LogP contribution is 2.47. The molecule has 1 atom stereocenters. The first-order valence-electron chi connectivity index (χ1n) is 2.86. The van der Waals surface area contributed by atoms with Gasteiger partial charge in [-0.05, 0) is 6.92 Å². The minimum absolute atomic E-state index is 0.495. The van der Waals surface area contributed by atoms with Crippen LogP contribution in [-0.4, -0.2) is 24.2 Å². The predicted octanol–water partition coefficient (Wildman–Crippen LogP) is 3.18. The maximum Gasteiger partial charge on any atom is 0.457 e. The first-order chi connectivity index (χ1) is 5.44. The Hall–Kier alpha value is -0.560. The molecule has 0 aromatic carbocycles. The summed E-state index contributed by atoms with van der Waals surface area (Å²) in [5.74, 6) is -6.06. The summed E-state index contributed by atoms with van der Waals surface area (Å²) in [6.07, 6.45) is -10.7. The van der Waals surface area contributed by atoms with E-state index < -0.39 is 31.1 Å². The third-order valence-electron chi connectivity index (χ3n) is 1.38. The summed E-state index contributed by atoms with van der Waals surface area (Å²) in [7, 11) is 0. The zero-order valence-electron chi connectivity index (χ0n) is 6.10. The van der Waals surface area contributed by atoms with Crippen LogP contribution >= 0.6 is 0 Å². The van der Waals surface area contributed by atoms with Gasteiger partial charge >= 0.3 is 12.1 Å². The van der Waals surface area contributed by atoms with Gasteiger partial charge in [0.25, 0.3) is 6.43 Å². The number of hydrogen-bond donors (Lipinski definition) is 0.